The molecule has 0 unspecified atom stereocenters. The van der Waals surface area contributed by atoms with Gasteiger partial charge in [-0.2, -0.15) is 8.78 Å². The SMILES string of the molecule is O=C(c1ccccc1Br)C(F)(F)Sc1nc2ccccc2s1. The molecule has 0 radical (unpaired) electrons. The zero-order chi connectivity index (χ0) is 15.7. The number of rotatable bonds is 4. The van der Waals surface area contributed by atoms with Crippen LogP contribution in [0, 0.1) is 0 Å². The third kappa shape index (κ3) is 3.06. The Morgan fingerprint density at radius 2 is 1.82 bits per heavy atom. The Balaban J connectivity index is 1.89. The van der Waals surface area contributed by atoms with E-state index in [0.717, 1.165) is 16.0 Å². The number of hydrogen-bond acceptors (Lipinski definition) is 4. The van der Waals surface area contributed by atoms with E-state index < -0.39 is 11.0 Å². The molecule has 0 aliphatic heterocycles. The van der Waals surface area contributed by atoms with Crippen LogP contribution in [0.4, 0.5) is 8.78 Å². The first kappa shape index (κ1) is 15.6. The van der Waals surface area contributed by atoms with Gasteiger partial charge in [-0.05, 0) is 36.0 Å². The highest BCUT2D eigenvalue weighted by Crippen LogP contribution is 2.42. The molecule has 0 saturated heterocycles. The van der Waals surface area contributed by atoms with E-state index in [2.05, 4.69) is 20.9 Å². The Morgan fingerprint density at radius 1 is 1.14 bits per heavy atom. The number of alkyl halides is 2. The first-order valence-electron chi connectivity index (χ1n) is 6.19. The van der Waals surface area contributed by atoms with Crippen molar-refractivity contribution in [3.63, 3.8) is 0 Å². The maximum Gasteiger partial charge on any atom is 0.362 e. The molecule has 22 heavy (non-hydrogen) atoms. The van der Waals surface area contributed by atoms with Crippen molar-refractivity contribution in [3.05, 3.63) is 58.6 Å². The summed E-state index contributed by atoms with van der Waals surface area (Å²) in [5.41, 5.74) is 0.611. The summed E-state index contributed by atoms with van der Waals surface area (Å²) in [6.45, 7) is 0. The van der Waals surface area contributed by atoms with Crippen molar-refractivity contribution in [1.29, 1.82) is 0 Å². The molecule has 2 nitrogen and oxygen atoms in total. The Bertz CT molecular complexity index is 817. The van der Waals surface area contributed by atoms with Gasteiger partial charge < -0.3 is 0 Å². The molecule has 0 atom stereocenters. The second-order valence-corrected chi connectivity index (χ2v) is 7.62. The van der Waals surface area contributed by atoms with Gasteiger partial charge in [0.25, 0.3) is 0 Å². The summed E-state index contributed by atoms with van der Waals surface area (Å²) in [5, 5.41) is -3.57. The maximum absolute atomic E-state index is 14.3. The van der Waals surface area contributed by atoms with E-state index in [0.29, 0.717) is 9.99 Å². The molecule has 2 aromatic carbocycles. The molecule has 0 aliphatic rings. The number of para-hydroxylation sites is 1. The van der Waals surface area contributed by atoms with Crippen LogP contribution in [0.25, 0.3) is 10.2 Å². The van der Waals surface area contributed by atoms with Gasteiger partial charge in [-0.15, -0.1) is 11.3 Å². The van der Waals surface area contributed by atoms with Crippen molar-refractivity contribution in [3.8, 4) is 0 Å². The van der Waals surface area contributed by atoms with Gasteiger partial charge in [-0.1, -0.05) is 40.2 Å². The molecule has 3 aromatic rings. The lowest BCUT2D eigenvalue weighted by molar-refractivity contribution is 0.0566. The van der Waals surface area contributed by atoms with Gasteiger partial charge in [-0.25, -0.2) is 4.98 Å². The summed E-state index contributed by atoms with van der Waals surface area (Å²) < 4.78 is 29.9. The number of benzene rings is 2. The predicted molar refractivity (Wildman–Crippen MR) is 88.9 cm³/mol. The second-order valence-electron chi connectivity index (χ2n) is 4.38. The highest BCUT2D eigenvalue weighted by Gasteiger charge is 2.42. The van der Waals surface area contributed by atoms with E-state index in [1.165, 1.54) is 6.07 Å². The number of halogens is 3. The third-order valence-electron chi connectivity index (χ3n) is 2.87. The minimum Gasteiger partial charge on any atom is -0.286 e. The van der Waals surface area contributed by atoms with Crippen molar-refractivity contribution in [1.82, 2.24) is 4.98 Å². The molecule has 0 N–H and O–H groups in total. The second kappa shape index (κ2) is 6.06. The smallest absolute Gasteiger partial charge is 0.286 e. The number of carbonyl (C=O) groups excluding carboxylic acids is 1. The average molecular weight is 400 g/mol. The van der Waals surface area contributed by atoms with Gasteiger partial charge in [0.1, 0.15) is 0 Å². The fourth-order valence-electron chi connectivity index (χ4n) is 1.85. The lowest BCUT2D eigenvalue weighted by Crippen LogP contribution is -2.24. The van der Waals surface area contributed by atoms with Crippen LogP contribution in [-0.4, -0.2) is 16.0 Å². The van der Waals surface area contributed by atoms with E-state index in [-0.39, 0.29) is 21.7 Å². The number of ketones is 1. The molecule has 0 saturated carbocycles. The number of thioether (sulfide) groups is 1. The van der Waals surface area contributed by atoms with Crippen LogP contribution in [0.2, 0.25) is 0 Å². The van der Waals surface area contributed by atoms with Crippen molar-refractivity contribution >= 4 is 55.0 Å². The maximum atomic E-state index is 14.3. The van der Waals surface area contributed by atoms with Crippen LogP contribution >= 0.6 is 39.0 Å². The van der Waals surface area contributed by atoms with E-state index >= 15 is 0 Å². The highest BCUT2D eigenvalue weighted by molar-refractivity contribution is 9.10. The normalized spacial score (nSPS) is 11.8. The molecule has 112 valence electrons. The van der Waals surface area contributed by atoms with E-state index in [4.69, 9.17) is 0 Å². The summed E-state index contributed by atoms with van der Waals surface area (Å²) in [7, 11) is 0. The molecule has 1 heterocycles. The van der Waals surface area contributed by atoms with Crippen LogP contribution in [-0.2, 0) is 0 Å². The van der Waals surface area contributed by atoms with Crippen LogP contribution in [0.15, 0.2) is 57.3 Å². The number of thiazole rings is 1. The number of Topliss-reactive ketones (excluding diaryl/α,β-unsaturated/α-hetero) is 1. The van der Waals surface area contributed by atoms with Crippen LogP contribution in [0.1, 0.15) is 10.4 Å². The van der Waals surface area contributed by atoms with Crippen LogP contribution in [0.5, 0.6) is 0 Å². The molecular weight excluding hydrogens is 392 g/mol. The van der Waals surface area contributed by atoms with E-state index in [1.54, 1.807) is 30.3 Å². The zero-order valence-electron chi connectivity index (χ0n) is 10.9. The van der Waals surface area contributed by atoms with Crippen molar-refractivity contribution in [2.75, 3.05) is 0 Å². The van der Waals surface area contributed by atoms with Crippen molar-refractivity contribution < 1.29 is 13.6 Å². The molecule has 0 bridgehead atoms. The Labute approximate surface area is 141 Å². The molecule has 0 aliphatic carbocycles. The third-order valence-corrected chi connectivity index (χ3v) is 5.60. The fraction of sp³-hybridized carbons (Fsp3) is 0.0667. The summed E-state index contributed by atoms with van der Waals surface area (Å²) in [4.78, 5) is 16.2. The predicted octanol–water partition coefficient (Wildman–Crippen LogP) is 5.63. The van der Waals surface area contributed by atoms with Crippen molar-refractivity contribution in [2.24, 2.45) is 0 Å². The van der Waals surface area contributed by atoms with Gasteiger partial charge in [0, 0.05) is 10.0 Å². The zero-order valence-corrected chi connectivity index (χ0v) is 14.1. The molecule has 0 fully saturated rings. The number of aromatic nitrogens is 1. The van der Waals surface area contributed by atoms with E-state index in [9.17, 15) is 13.6 Å². The van der Waals surface area contributed by atoms with Gasteiger partial charge in [0.15, 0.2) is 4.34 Å². The monoisotopic (exact) mass is 399 g/mol. The number of hydrogen-bond donors (Lipinski definition) is 0. The van der Waals surface area contributed by atoms with Gasteiger partial charge in [0.05, 0.1) is 10.2 Å². The quantitative estimate of drug-likeness (QED) is 0.420. The summed E-state index contributed by atoms with van der Waals surface area (Å²) in [6, 6.07) is 13.3. The van der Waals surface area contributed by atoms with Crippen molar-refractivity contribution in [2.45, 2.75) is 9.59 Å². The Hall–Kier alpha value is -1.31. The van der Waals surface area contributed by atoms with Gasteiger partial charge in [-0.3, -0.25) is 4.79 Å². The first-order chi connectivity index (χ1) is 10.5. The first-order valence-corrected chi connectivity index (χ1v) is 8.62. The lowest BCUT2D eigenvalue weighted by atomic mass is 10.1. The number of nitrogens with zero attached hydrogens (tertiary/aromatic N) is 1. The average Bonchev–Trinajstić information content (AvgIpc) is 2.88. The lowest BCUT2D eigenvalue weighted by Gasteiger charge is -2.13. The minimum absolute atomic E-state index is 0.0406. The molecule has 0 spiro atoms. The highest BCUT2D eigenvalue weighted by atomic mass is 79.9. The minimum atomic E-state index is -3.57. The van der Waals surface area contributed by atoms with Crippen LogP contribution in [0.3, 0.4) is 0 Å². The Kier molecular flexibility index (Phi) is 4.29. The molecular formula is C15H8BrF2NOS2. The van der Waals surface area contributed by atoms with Crippen LogP contribution < -0.4 is 0 Å². The molecule has 7 heteroatoms. The summed E-state index contributed by atoms with van der Waals surface area (Å²) in [6.07, 6.45) is 0. The molecule has 0 amide bonds. The molecule has 1 aromatic heterocycles. The molecule has 3 rings (SSSR count). The number of carbonyl (C=O) groups is 1. The topological polar surface area (TPSA) is 30.0 Å². The van der Waals surface area contributed by atoms with Gasteiger partial charge in [0.2, 0.25) is 5.78 Å². The standard InChI is InChI=1S/C15H8BrF2NOS2/c16-10-6-2-1-5-9(10)13(20)15(17,18)22-14-19-11-7-3-4-8-12(11)21-14/h1-8H. The number of fused-ring (bicyclic) bond motifs is 1. The fourth-order valence-corrected chi connectivity index (χ4v) is 4.33. The summed E-state index contributed by atoms with van der Waals surface area (Å²) in [5.74, 6) is -1.23. The Morgan fingerprint density at radius 3 is 2.55 bits per heavy atom. The summed E-state index contributed by atoms with van der Waals surface area (Å²) >= 11 is 4.46. The van der Waals surface area contributed by atoms with Gasteiger partial charge >= 0.3 is 5.25 Å². The van der Waals surface area contributed by atoms with E-state index in [1.807, 2.05) is 12.1 Å². The largest absolute Gasteiger partial charge is 0.362 e.